The van der Waals surface area contributed by atoms with Crippen LogP contribution in [0.25, 0.3) is 0 Å². The molecule has 0 atom stereocenters. The minimum atomic E-state index is -0.649. The third-order valence-corrected chi connectivity index (χ3v) is 3.09. The van der Waals surface area contributed by atoms with Crippen molar-refractivity contribution in [1.29, 1.82) is 0 Å². The van der Waals surface area contributed by atoms with Crippen LogP contribution >= 0.6 is 11.8 Å². The standard InChI is InChI=1S/C11H11N5O3S/c1-7-13-14-11(20-2)15(7)12-6-8-3-4-10(17)9(5-8)16(18)19/h3-6,17H,1-2H3/b12-6-. The second kappa shape index (κ2) is 5.70. The topological polar surface area (TPSA) is 106 Å². The van der Waals surface area contributed by atoms with Crippen molar-refractivity contribution in [1.82, 2.24) is 14.9 Å². The van der Waals surface area contributed by atoms with Crippen molar-refractivity contribution in [3.05, 3.63) is 39.7 Å². The molecule has 0 aliphatic carbocycles. The highest BCUT2D eigenvalue weighted by atomic mass is 32.2. The Balaban J connectivity index is 2.34. The average molecular weight is 293 g/mol. The van der Waals surface area contributed by atoms with Crippen LogP contribution in [0, 0.1) is 17.0 Å². The van der Waals surface area contributed by atoms with E-state index in [1.807, 2.05) is 6.26 Å². The minimum absolute atomic E-state index is 0.362. The van der Waals surface area contributed by atoms with Crippen LogP contribution in [0.4, 0.5) is 5.69 Å². The maximum absolute atomic E-state index is 10.7. The van der Waals surface area contributed by atoms with Gasteiger partial charge in [-0.3, -0.25) is 10.1 Å². The van der Waals surface area contributed by atoms with Gasteiger partial charge in [-0.2, -0.15) is 9.78 Å². The smallest absolute Gasteiger partial charge is 0.311 e. The van der Waals surface area contributed by atoms with Crippen LogP contribution in [0.15, 0.2) is 28.5 Å². The number of hydrogen-bond acceptors (Lipinski definition) is 7. The van der Waals surface area contributed by atoms with E-state index < -0.39 is 4.92 Å². The molecular formula is C11H11N5O3S. The molecule has 0 fully saturated rings. The molecule has 1 aromatic carbocycles. The van der Waals surface area contributed by atoms with E-state index in [2.05, 4.69) is 15.3 Å². The molecule has 0 spiro atoms. The Morgan fingerprint density at radius 1 is 1.50 bits per heavy atom. The summed E-state index contributed by atoms with van der Waals surface area (Å²) in [4.78, 5) is 10.1. The summed E-state index contributed by atoms with van der Waals surface area (Å²) in [6.07, 6.45) is 3.30. The number of rotatable bonds is 4. The van der Waals surface area contributed by atoms with Gasteiger partial charge in [0.15, 0.2) is 11.6 Å². The number of aromatic nitrogens is 3. The fraction of sp³-hybridized carbons (Fsp3) is 0.182. The summed E-state index contributed by atoms with van der Waals surface area (Å²) in [6, 6.07) is 4.04. The quantitative estimate of drug-likeness (QED) is 0.399. The minimum Gasteiger partial charge on any atom is -0.502 e. The predicted octanol–water partition coefficient (Wildman–Crippen LogP) is 1.80. The zero-order chi connectivity index (χ0) is 14.7. The van der Waals surface area contributed by atoms with Gasteiger partial charge in [0.1, 0.15) is 0 Å². The van der Waals surface area contributed by atoms with Crippen LogP contribution < -0.4 is 0 Å². The van der Waals surface area contributed by atoms with E-state index in [1.54, 1.807) is 6.92 Å². The largest absolute Gasteiger partial charge is 0.502 e. The van der Waals surface area contributed by atoms with Gasteiger partial charge in [-0.15, -0.1) is 10.2 Å². The Bertz CT molecular complexity index is 683. The van der Waals surface area contributed by atoms with Crippen LogP contribution in [0.2, 0.25) is 0 Å². The number of thioether (sulfide) groups is 1. The summed E-state index contributed by atoms with van der Waals surface area (Å²) in [5.41, 5.74) is 0.133. The fourth-order valence-corrected chi connectivity index (χ4v) is 1.96. The molecular weight excluding hydrogens is 282 g/mol. The predicted molar refractivity (Wildman–Crippen MR) is 74.3 cm³/mol. The van der Waals surface area contributed by atoms with Crippen molar-refractivity contribution < 1.29 is 10.0 Å². The summed E-state index contributed by atoms with van der Waals surface area (Å²) >= 11 is 1.39. The number of nitro groups is 1. The van der Waals surface area contributed by atoms with E-state index in [0.29, 0.717) is 16.5 Å². The molecule has 0 aliphatic heterocycles. The van der Waals surface area contributed by atoms with E-state index in [9.17, 15) is 15.2 Å². The van der Waals surface area contributed by atoms with Crippen molar-refractivity contribution in [3.63, 3.8) is 0 Å². The molecule has 2 rings (SSSR count). The van der Waals surface area contributed by atoms with Gasteiger partial charge < -0.3 is 5.11 Å². The monoisotopic (exact) mass is 293 g/mol. The van der Waals surface area contributed by atoms with Crippen molar-refractivity contribution in [2.24, 2.45) is 5.10 Å². The van der Waals surface area contributed by atoms with Gasteiger partial charge in [0.05, 0.1) is 11.1 Å². The SMILES string of the molecule is CSc1nnc(C)n1/N=C\c1ccc(O)c([N+](=O)[O-])c1. The Morgan fingerprint density at radius 2 is 2.25 bits per heavy atom. The first-order valence-corrected chi connectivity index (χ1v) is 6.73. The highest BCUT2D eigenvalue weighted by Crippen LogP contribution is 2.25. The lowest BCUT2D eigenvalue weighted by Gasteiger charge is -2.00. The molecule has 2 aromatic rings. The normalized spacial score (nSPS) is 11.1. The van der Waals surface area contributed by atoms with Crippen molar-refractivity contribution in [2.45, 2.75) is 12.1 Å². The zero-order valence-corrected chi connectivity index (χ0v) is 11.5. The Kier molecular flexibility index (Phi) is 3.99. The lowest BCUT2D eigenvalue weighted by molar-refractivity contribution is -0.385. The lowest BCUT2D eigenvalue weighted by Crippen LogP contribution is -1.96. The molecule has 9 heteroatoms. The first-order chi connectivity index (χ1) is 9.52. The lowest BCUT2D eigenvalue weighted by atomic mass is 10.2. The van der Waals surface area contributed by atoms with E-state index in [0.717, 1.165) is 0 Å². The molecule has 0 bridgehead atoms. The van der Waals surface area contributed by atoms with Gasteiger partial charge in [0.25, 0.3) is 0 Å². The first kappa shape index (κ1) is 14.0. The second-order valence-electron chi connectivity index (χ2n) is 3.80. The zero-order valence-electron chi connectivity index (χ0n) is 10.7. The van der Waals surface area contributed by atoms with E-state index in [4.69, 9.17) is 0 Å². The van der Waals surface area contributed by atoms with E-state index in [1.165, 1.54) is 40.9 Å². The van der Waals surface area contributed by atoms with Gasteiger partial charge in [-0.25, -0.2) is 0 Å². The Hall–Kier alpha value is -2.42. The molecule has 20 heavy (non-hydrogen) atoms. The Morgan fingerprint density at radius 3 is 2.90 bits per heavy atom. The van der Waals surface area contributed by atoms with E-state index in [-0.39, 0.29) is 11.4 Å². The van der Waals surface area contributed by atoms with Crippen molar-refractivity contribution in [2.75, 3.05) is 6.26 Å². The molecule has 104 valence electrons. The van der Waals surface area contributed by atoms with Gasteiger partial charge >= 0.3 is 5.69 Å². The summed E-state index contributed by atoms with van der Waals surface area (Å²) in [5, 5.41) is 32.7. The van der Waals surface area contributed by atoms with Crippen LogP contribution in [0.1, 0.15) is 11.4 Å². The summed E-state index contributed by atoms with van der Waals surface area (Å²) in [5.74, 6) is 0.233. The van der Waals surface area contributed by atoms with Gasteiger partial charge in [-0.05, 0) is 25.3 Å². The highest BCUT2D eigenvalue weighted by molar-refractivity contribution is 7.98. The van der Waals surface area contributed by atoms with E-state index >= 15 is 0 Å². The first-order valence-electron chi connectivity index (χ1n) is 5.50. The fourth-order valence-electron chi connectivity index (χ4n) is 1.49. The molecule has 0 saturated heterocycles. The number of aryl methyl sites for hydroxylation is 1. The maximum atomic E-state index is 10.7. The number of phenolic OH excluding ortho intramolecular Hbond substituents is 1. The van der Waals surface area contributed by atoms with Crippen LogP contribution in [-0.2, 0) is 0 Å². The van der Waals surface area contributed by atoms with Crippen LogP contribution in [0.5, 0.6) is 5.75 Å². The molecule has 0 aliphatic rings. The van der Waals surface area contributed by atoms with Gasteiger partial charge in [0, 0.05) is 11.6 Å². The third-order valence-electron chi connectivity index (χ3n) is 2.47. The molecule has 1 heterocycles. The molecule has 0 radical (unpaired) electrons. The Labute approximate surface area is 118 Å². The van der Waals surface area contributed by atoms with Gasteiger partial charge in [0.2, 0.25) is 5.16 Å². The number of aromatic hydroxyl groups is 1. The number of benzene rings is 1. The average Bonchev–Trinajstić information content (AvgIpc) is 2.78. The van der Waals surface area contributed by atoms with Crippen LogP contribution in [-0.4, -0.2) is 37.4 Å². The van der Waals surface area contributed by atoms with Crippen molar-refractivity contribution >= 4 is 23.7 Å². The highest BCUT2D eigenvalue weighted by Gasteiger charge is 2.13. The molecule has 1 N–H and O–H groups in total. The van der Waals surface area contributed by atoms with Gasteiger partial charge in [-0.1, -0.05) is 11.8 Å². The second-order valence-corrected chi connectivity index (χ2v) is 4.57. The molecule has 0 unspecified atom stereocenters. The molecule has 1 aromatic heterocycles. The van der Waals surface area contributed by atoms with Crippen LogP contribution in [0.3, 0.4) is 0 Å². The summed E-state index contributed by atoms with van der Waals surface area (Å²) in [7, 11) is 0. The number of hydrogen-bond donors (Lipinski definition) is 1. The molecule has 8 nitrogen and oxygen atoms in total. The number of nitrogens with zero attached hydrogens (tertiary/aromatic N) is 5. The molecule has 0 saturated carbocycles. The maximum Gasteiger partial charge on any atom is 0.311 e. The molecule has 0 amide bonds. The third kappa shape index (κ3) is 2.77. The number of nitro benzene ring substituents is 1. The summed E-state index contributed by atoms with van der Waals surface area (Å²) in [6.45, 7) is 1.75. The summed E-state index contributed by atoms with van der Waals surface area (Å²) < 4.78 is 1.53. The van der Waals surface area contributed by atoms with Crippen molar-refractivity contribution in [3.8, 4) is 5.75 Å². The number of phenols is 1.